The number of hydrogen-bond acceptors (Lipinski definition) is 5. The molecule has 3 N–H and O–H groups in total. The van der Waals surface area contributed by atoms with Crippen molar-refractivity contribution in [3.05, 3.63) is 59.2 Å². The fourth-order valence-corrected chi connectivity index (χ4v) is 2.78. The zero-order valence-electron chi connectivity index (χ0n) is 18.0. The highest BCUT2D eigenvalue weighted by Gasteiger charge is 2.11. The van der Waals surface area contributed by atoms with Gasteiger partial charge in [-0.2, -0.15) is 5.10 Å². The maximum absolute atomic E-state index is 12.2. The summed E-state index contributed by atoms with van der Waals surface area (Å²) < 4.78 is 5.61. The smallest absolute Gasteiger partial charge is 0.329 e. The van der Waals surface area contributed by atoms with E-state index in [1.54, 1.807) is 24.3 Å². The first-order valence-corrected chi connectivity index (χ1v) is 10.1. The average molecular weight is 425 g/mol. The van der Waals surface area contributed by atoms with Crippen LogP contribution in [-0.2, 0) is 14.4 Å². The molecule has 0 spiro atoms. The largest absolute Gasteiger partial charge is 0.483 e. The number of unbranched alkanes of at least 4 members (excludes halogenated alkanes) is 1. The van der Waals surface area contributed by atoms with Gasteiger partial charge in [-0.25, -0.2) is 5.43 Å². The first-order valence-electron chi connectivity index (χ1n) is 10.1. The summed E-state index contributed by atoms with van der Waals surface area (Å²) in [5, 5.41) is 9.11. The summed E-state index contributed by atoms with van der Waals surface area (Å²) in [7, 11) is 0. The molecule has 0 unspecified atom stereocenters. The number of amides is 3. The third kappa shape index (κ3) is 8.30. The number of carbonyl (C=O) groups excluding carboxylic acids is 3. The Hall–Kier alpha value is -3.68. The second kappa shape index (κ2) is 12.1. The second-order valence-electron chi connectivity index (χ2n) is 7.06. The van der Waals surface area contributed by atoms with Crippen molar-refractivity contribution in [2.24, 2.45) is 5.10 Å². The number of anilines is 1. The van der Waals surface area contributed by atoms with Gasteiger partial charge in [-0.1, -0.05) is 31.5 Å². The van der Waals surface area contributed by atoms with Crippen molar-refractivity contribution in [1.82, 2.24) is 10.7 Å². The zero-order valence-corrected chi connectivity index (χ0v) is 18.0. The standard InChI is InChI=1S/C23H28N4O4/c1-4-5-10-24-22(29)23(30)27-25-14-18-8-6-7-9-20(18)31-15-21(28)26-19-12-16(2)11-17(3)13-19/h6-9,11-14H,4-5,10,15H2,1-3H3,(H,24,29)(H,26,28)(H,27,30)/b25-14-. The lowest BCUT2D eigenvalue weighted by molar-refractivity contribution is -0.139. The minimum Gasteiger partial charge on any atom is -0.483 e. The van der Waals surface area contributed by atoms with Gasteiger partial charge >= 0.3 is 11.8 Å². The van der Waals surface area contributed by atoms with Crippen molar-refractivity contribution in [3.63, 3.8) is 0 Å². The molecule has 0 fully saturated rings. The van der Waals surface area contributed by atoms with Crippen molar-refractivity contribution < 1.29 is 19.1 Å². The van der Waals surface area contributed by atoms with Gasteiger partial charge < -0.3 is 15.4 Å². The minimum atomic E-state index is -0.849. The number of ether oxygens (including phenoxy) is 1. The fraction of sp³-hybridized carbons (Fsp3) is 0.304. The second-order valence-corrected chi connectivity index (χ2v) is 7.06. The molecule has 8 heteroatoms. The topological polar surface area (TPSA) is 109 Å². The van der Waals surface area contributed by atoms with Crippen LogP contribution < -0.4 is 20.8 Å². The lowest BCUT2D eigenvalue weighted by atomic mass is 10.1. The summed E-state index contributed by atoms with van der Waals surface area (Å²) >= 11 is 0. The van der Waals surface area contributed by atoms with E-state index in [9.17, 15) is 14.4 Å². The Morgan fingerprint density at radius 2 is 1.74 bits per heavy atom. The third-order valence-corrected chi connectivity index (χ3v) is 4.18. The number of benzene rings is 2. The summed E-state index contributed by atoms with van der Waals surface area (Å²) in [6.45, 7) is 6.16. The number of carbonyl (C=O) groups is 3. The van der Waals surface area contributed by atoms with E-state index in [1.165, 1.54) is 6.21 Å². The van der Waals surface area contributed by atoms with Gasteiger partial charge in [-0.3, -0.25) is 14.4 Å². The number of nitrogens with one attached hydrogen (secondary N) is 3. The van der Waals surface area contributed by atoms with Crippen LogP contribution in [0.2, 0.25) is 0 Å². The van der Waals surface area contributed by atoms with E-state index >= 15 is 0 Å². The van der Waals surface area contributed by atoms with Crippen LogP contribution in [0.15, 0.2) is 47.6 Å². The van der Waals surface area contributed by atoms with Gasteiger partial charge in [-0.05, 0) is 55.7 Å². The van der Waals surface area contributed by atoms with Crippen LogP contribution in [0.1, 0.15) is 36.5 Å². The summed E-state index contributed by atoms with van der Waals surface area (Å²) in [4.78, 5) is 35.6. The monoisotopic (exact) mass is 424 g/mol. The quantitative estimate of drug-likeness (QED) is 0.249. The average Bonchev–Trinajstić information content (AvgIpc) is 2.72. The molecule has 0 radical (unpaired) electrons. The van der Waals surface area contributed by atoms with Crippen LogP contribution in [0.25, 0.3) is 0 Å². The van der Waals surface area contributed by atoms with Crippen molar-refractivity contribution in [1.29, 1.82) is 0 Å². The molecule has 2 aromatic carbocycles. The van der Waals surface area contributed by atoms with Gasteiger partial charge in [0.15, 0.2) is 6.61 Å². The summed E-state index contributed by atoms with van der Waals surface area (Å²) in [5.74, 6) is -1.46. The number of aryl methyl sites for hydroxylation is 2. The van der Waals surface area contributed by atoms with E-state index in [2.05, 4.69) is 21.2 Å². The Morgan fingerprint density at radius 3 is 2.45 bits per heavy atom. The molecule has 0 bridgehead atoms. The molecule has 8 nitrogen and oxygen atoms in total. The molecular weight excluding hydrogens is 396 g/mol. The summed E-state index contributed by atoms with van der Waals surface area (Å²) in [5.41, 5.74) is 5.54. The number of para-hydroxylation sites is 1. The predicted molar refractivity (Wildman–Crippen MR) is 120 cm³/mol. The summed E-state index contributed by atoms with van der Waals surface area (Å²) in [6, 6.07) is 12.7. The first-order chi connectivity index (χ1) is 14.9. The molecule has 2 rings (SSSR count). The molecule has 0 aliphatic rings. The minimum absolute atomic E-state index is 0.190. The Morgan fingerprint density at radius 1 is 1.03 bits per heavy atom. The van der Waals surface area contributed by atoms with Crippen LogP contribution in [-0.4, -0.2) is 37.1 Å². The maximum atomic E-state index is 12.2. The van der Waals surface area contributed by atoms with Crippen molar-refractivity contribution in [3.8, 4) is 5.75 Å². The van der Waals surface area contributed by atoms with Gasteiger partial charge in [0.25, 0.3) is 5.91 Å². The van der Waals surface area contributed by atoms with E-state index in [0.717, 1.165) is 24.0 Å². The van der Waals surface area contributed by atoms with Crippen molar-refractivity contribution >= 4 is 29.6 Å². The van der Waals surface area contributed by atoms with Crippen LogP contribution in [0, 0.1) is 13.8 Å². The molecule has 0 atom stereocenters. The normalized spacial score (nSPS) is 10.5. The Bertz CT molecular complexity index is 936. The molecule has 0 aliphatic heterocycles. The lowest BCUT2D eigenvalue weighted by Crippen LogP contribution is -2.38. The van der Waals surface area contributed by atoms with Crippen LogP contribution in [0.4, 0.5) is 5.69 Å². The Balaban J connectivity index is 1.89. The van der Waals surface area contributed by atoms with E-state index in [-0.39, 0.29) is 12.5 Å². The van der Waals surface area contributed by atoms with E-state index in [4.69, 9.17) is 4.74 Å². The highest BCUT2D eigenvalue weighted by atomic mass is 16.5. The molecule has 164 valence electrons. The van der Waals surface area contributed by atoms with Crippen LogP contribution in [0.5, 0.6) is 5.75 Å². The van der Waals surface area contributed by atoms with E-state index in [0.29, 0.717) is 23.5 Å². The number of hydrogen-bond donors (Lipinski definition) is 3. The maximum Gasteiger partial charge on any atom is 0.329 e. The van der Waals surface area contributed by atoms with E-state index < -0.39 is 11.8 Å². The highest BCUT2D eigenvalue weighted by molar-refractivity contribution is 6.35. The molecule has 0 heterocycles. The van der Waals surface area contributed by atoms with Gasteiger partial charge in [0, 0.05) is 17.8 Å². The predicted octanol–water partition coefficient (Wildman–Crippen LogP) is 2.69. The van der Waals surface area contributed by atoms with Crippen LogP contribution in [0.3, 0.4) is 0 Å². The zero-order chi connectivity index (χ0) is 22.6. The molecule has 0 aliphatic carbocycles. The summed E-state index contributed by atoms with van der Waals surface area (Å²) in [6.07, 6.45) is 3.07. The van der Waals surface area contributed by atoms with Gasteiger partial charge in [-0.15, -0.1) is 0 Å². The first kappa shape index (κ1) is 23.6. The van der Waals surface area contributed by atoms with Crippen molar-refractivity contribution in [2.45, 2.75) is 33.6 Å². The molecular formula is C23H28N4O4. The molecule has 0 aromatic heterocycles. The fourth-order valence-electron chi connectivity index (χ4n) is 2.78. The lowest BCUT2D eigenvalue weighted by Gasteiger charge is -2.10. The molecule has 0 saturated heterocycles. The van der Waals surface area contributed by atoms with Gasteiger partial charge in [0.2, 0.25) is 0 Å². The van der Waals surface area contributed by atoms with Gasteiger partial charge in [0.05, 0.1) is 6.21 Å². The molecule has 0 saturated carbocycles. The molecule has 2 aromatic rings. The highest BCUT2D eigenvalue weighted by Crippen LogP contribution is 2.17. The van der Waals surface area contributed by atoms with Crippen LogP contribution >= 0.6 is 0 Å². The van der Waals surface area contributed by atoms with Crippen molar-refractivity contribution in [2.75, 3.05) is 18.5 Å². The number of hydrazone groups is 1. The van der Waals surface area contributed by atoms with E-state index in [1.807, 2.05) is 39.0 Å². The Labute approximate surface area is 182 Å². The van der Waals surface area contributed by atoms with Gasteiger partial charge in [0.1, 0.15) is 5.75 Å². The molecule has 3 amide bonds. The SMILES string of the molecule is CCCCNC(=O)C(=O)N/N=C\c1ccccc1OCC(=O)Nc1cc(C)cc(C)c1. The Kier molecular flexibility index (Phi) is 9.22. The number of nitrogens with zero attached hydrogens (tertiary/aromatic N) is 1. The third-order valence-electron chi connectivity index (χ3n) is 4.18. The number of rotatable bonds is 9. The molecule has 31 heavy (non-hydrogen) atoms.